The van der Waals surface area contributed by atoms with Crippen molar-refractivity contribution < 1.29 is 22.0 Å². The van der Waals surface area contributed by atoms with E-state index in [1.807, 2.05) is 58.5 Å². The first-order valence-corrected chi connectivity index (χ1v) is 14.2. The predicted octanol–water partition coefficient (Wildman–Crippen LogP) is 6.70. The van der Waals surface area contributed by atoms with Gasteiger partial charge in [-0.3, -0.25) is 10.4 Å². The summed E-state index contributed by atoms with van der Waals surface area (Å²) in [6, 6.07) is 8.12. The average molecular weight is 671 g/mol. The zero-order chi connectivity index (χ0) is 28.4. The first-order valence-electron chi connectivity index (χ1n) is 13.1. The van der Waals surface area contributed by atoms with Gasteiger partial charge in [0.2, 0.25) is 0 Å². The maximum Gasteiger partial charge on any atom is 0.433 e. The fraction of sp³-hybridized carbons (Fsp3) is 0.481. The number of rotatable bonds is 7. The minimum atomic E-state index is -4.71. The number of H-pyrrole nitrogens is 1. The summed E-state index contributed by atoms with van der Waals surface area (Å²) in [5.41, 5.74) is 1.33. The molecule has 0 unspecified atom stereocenters. The van der Waals surface area contributed by atoms with Crippen LogP contribution in [0, 0.1) is 5.92 Å². The largest absolute Gasteiger partial charge is 0.433 e. The summed E-state index contributed by atoms with van der Waals surface area (Å²) >= 11 is 1.93. The number of hydrogen-bond donors (Lipinski definition) is 2. The van der Waals surface area contributed by atoms with Crippen molar-refractivity contribution in [3.8, 4) is 11.3 Å². The van der Waals surface area contributed by atoms with E-state index in [0.29, 0.717) is 22.7 Å². The summed E-state index contributed by atoms with van der Waals surface area (Å²) in [6.45, 7) is 1.64. The van der Waals surface area contributed by atoms with E-state index >= 15 is 0 Å². The monoisotopic (exact) mass is 671 g/mol. The van der Waals surface area contributed by atoms with E-state index in [4.69, 9.17) is 0 Å². The second-order valence-electron chi connectivity index (χ2n) is 11.1. The molecule has 2 atom stereocenters. The highest BCUT2D eigenvalue weighted by molar-refractivity contribution is 14.1. The van der Waals surface area contributed by atoms with Crippen molar-refractivity contribution >= 4 is 33.5 Å². The van der Waals surface area contributed by atoms with E-state index in [0.717, 1.165) is 36.7 Å². The topological polar surface area (TPSA) is 84.3 Å². The molecule has 2 N–H and O–H groups in total. The molecule has 3 heterocycles. The van der Waals surface area contributed by atoms with E-state index in [2.05, 4.69) is 30.7 Å². The molecule has 13 heteroatoms. The summed E-state index contributed by atoms with van der Waals surface area (Å²) in [7, 11) is 1.90. The average Bonchev–Trinajstić information content (AvgIpc) is 3.44. The van der Waals surface area contributed by atoms with E-state index in [9.17, 15) is 22.0 Å². The van der Waals surface area contributed by atoms with Crippen molar-refractivity contribution in [2.24, 2.45) is 13.0 Å². The lowest BCUT2D eigenvalue weighted by Gasteiger charge is -2.40. The first kappa shape index (κ1) is 27.5. The molecular weight excluding hydrogens is 644 g/mol. The van der Waals surface area contributed by atoms with Crippen LogP contribution in [0.2, 0.25) is 0 Å². The Morgan fingerprint density at radius 2 is 1.93 bits per heavy atom. The van der Waals surface area contributed by atoms with Crippen LogP contribution in [-0.4, -0.2) is 41.9 Å². The summed E-state index contributed by atoms with van der Waals surface area (Å²) in [5, 5.41) is 19.1. The maximum atomic E-state index is 14.0. The predicted molar refractivity (Wildman–Crippen MR) is 147 cm³/mol. The fourth-order valence-electron chi connectivity index (χ4n) is 5.80. The van der Waals surface area contributed by atoms with E-state index in [1.165, 1.54) is 0 Å². The minimum Gasteiger partial charge on any atom is -0.320 e. The third-order valence-corrected chi connectivity index (χ3v) is 8.84. The zero-order valence-corrected chi connectivity index (χ0v) is 23.9. The van der Waals surface area contributed by atoms with Crippen molar-refractivity contribution in [2.75, 3.05) is 0 Å². The Labute approximate surface area is 240 Å². The highest BCUT2D eigenvalue weighted by Crippen LogP contribution is 2.45. The van der Waals surface area contributed by atoms with Crippen molar-refractivity contribution in [1.82, 2.24) is 35.3 Å². The van der Waals surface area contributed by atoms with Crippen LogP contribution in [0.1, 0.15) is 67.7 Å². The number of fused-ring (bicyclic) bond motifs is 1. The highest BCUT2D eigenvalue weighted by Gasteiger charge is 2.48. The van der Waals surface area contributed by atoms with Gasteiger partial charge in [-0.05, 0) is 43.4 Å². The molecule has 2 saturated carbocycles. The van der Waals surface area contributed by atoms with Gasteiger partial charge in [0.05, 0.1) is 11.2 Å². The maximum absolute atomic E-state index is 14.0. The molecule has 3 aromatic heterocycles. The molecule has 2 aliphatic rings. The number of aromatic nitrogens is 6. The summed E-state index contributed by atoms with van der Waals surface area (Å²) in [4.78, 5) is 3.96. The van der Waals surface area contributed by atoms with Gasteiger partial charge in [-0.2, -0.15) is 18.3 Å². The van der Waals surface area contributed by atoms with Crippen molar-refractivity contribution in [1.29, 1.82) is 0 Å². The minimum absolute atomic E-state index is 0.00295. The molecule has 2 fully saturated rings. The Morgan fingerprint density at radius 3 is 2.52 bits per heavy atom. The van der Waals surface area contributed by atoms with Crippen LogP contribution in [0.3, 0.4) is 0 Å². The molecule has 7 nitrogen and oxygen atoms in total. The number of benzene rings is 1. The number of alkyl halides is 6. The normalized spacial score (nSPS) is 20.2. The Balaban J connectivity index is 1.44. The van der Waals surface area contributed by atoms with Gasteiger partial charge >= 0.3 is 6.18 Å². The molecule has 0 radical (unpaired) electrons. The van der Waals surface area contributed by atoms with Gasteiger partial charge < -0.3 is 4.57 Å². The van der Waals surface area contributed by atoms with Crippen LogP contribution < -0.4 is 5.32 Å². The third kappa shape index (κ3) is 4.99. The number of halogens is 6. The second-order valence-corrected chi connectivity index (χ2v) is 13.2. The summed E-state index contributed by atoms with van der Waals surface area (Å²) in [6.07, 6.45) is -0.531. The molecule has 0 amide bonds. The molecule has 0 bridgehead atoms. The number of pyridine rings is 1. The molecule has 0 saturated heterocycles. The molecule has 0 aliphatic heterocycles. The molecule has 1 aromatic carbocycles. The number of aryl methyl sites for hydroxylation is 1. The van der Waals surface area contributed by atoms with Crippen molar-refractivity contribution in [3.05, 3.63) is 59.4 Å². The zero-order valence-electron chi connectivity index (χ0n) is 21.7. The van der Waals surface area contributed by atoms with Crippen LogP contribution in [0.25, 0.3) is 22.2 Å². The van der Waals surface area contributed by atoms with Gasteiger partial charge in [-0.1, -0.05) is 47.2 Å². The highest BCUT2D eigenvalue weighted by atomic mass is 127. The Kier molecular flexibility index (Phi) is 6.67. The number of nitrogens with one attached hydrogen (secondary N) is 2. The number of nitrogens with zero attached hydrogens (tertiary/aromatic N) is 5. The van der Waals surface area contributed by atoms with Crippen molar-refractivity contribution in [3.63, 3.8) is 0 Å². The smallest absolute Gasteiger partial charge is 0.320 e. The number of aromatic amines is 1. The van der Waals surface area contributed by atoms with Crippen molar-refractivity contribution in [2.45, 2.75) is 66.6 Å². The SMILES string of the molecule is Cn1cnnc1[C@@H](c1cccc(-c2n[nH]c3c([C@@](C)(I)NC4CC(F)(F)C4)nc(C(F)(F)F)cc23)c1)C1CCC1. The third-order valence-electron chi connectivity index (χ3n) is 8.02. The lowest BCUT2D eigenvalue weighted by molar-refractivity contribution is -0.141. The Hall–Kier alpha value is -2.68. The van der Waals surface area contributed by atoms with Crippen LogP contribution in [0.5, 0.6) is 0 Å². The summed E-state index contributed by atoms with van der Waals surface area (Å²) < 4.78 is 69.8. The summed E-state index contributed by atoms with van der Waals surface area (Å²) in [5.74, 6) is -1.54. The van der Waals surface area contributed by atoms with Gasteiger partial charge in [-0.25, -0.2) is 13.8 Å². The number of hydrogen-bond acceptors (Lipinski definition) is 5. The molecule has 2 aliphatic carbocycles. The first-order chi connectivity index (χ1) is 18.8. The van der Waals surface area contributed by atoms with Gasteiger partial charge in [-0.15, -0.1) is 10.2 Å². The van der Waals surface area contributed by atoms with Crippen LogP contribution in [-0.2, 0) is 16.8 Å². The van der Waals surface area contributed by atoms with Gasteiger partial charge in [0.1, 0.15) is 27.1 Å². The second kappa shape index (κ2) is 9.71. The lowest BCUT2D eigenvalue weighted by atomic mass is 9.72. The molecular formula is C27H27F5IN7. The van der Waals surface area contributed by atoms with E-state index in [1.54, 1.807) is 13.3 Å². The lowest BCUT2D eigenvalue weighted by Crippen LogP contribution is -2.53. The van der Waals surface area contributed by atoms with E-state index in [-0.39, 0.29) is 29.8 Å². The molecule has 6 rings (SSSR count). The van der Waals surface area contributed by atoms with Crippen LogP contribution in [0.15, 0.2) is 36.7 Å². The Bertz CT molecular complexity index is 1550. The quantitative estimate of drug-likeness (QED) is 0.0990. The Morgan fingerprint density at radius 1 is 1.18 bits per heavy atom. The van der Waals surface area contributed by atoms with Gasteiger partial charge in [0.25, 0.3) is 5.92 Å². The van der Waals surface area contributed by atoms with E-state index < -0.39 is 27.4 Å². The molecule has 0 spiro atoms. The fourth-order valence-corrected chi connectivity index (χ4v) is 6.63. The molecule has 4 aromatic rings. The standard InChI is InChI=1S/C27H27F5IN7/c1-25(33,36-17-11-26(28,29)12-17)23-22-18(10-19(35-23)27(30,31)32)21(37-38-22)16-8-4-7-15(9-16)20(14-5-3-6-14)24-39-34-13-40(24)2/h4,7-10,13-14,17,20,36H,3,5-6,11-12H2,1-2H3,(H,37,38)/t20-,25+/m1/s1. The van der Waals surface area contributed by atoms with Crippen LogP contribution in [0.4, 0.5) is 22.0 Å². The molecule has 40 heavy (non-hydrogen) atoms. The van der Waals surface area contributed by atoms with Crippen LogP contribution >= 0.6 is 22.6 Å². The van der Waals surface area contributed by atoms with Gasteiger partial charge in [0.15, 0.2) is 0 Å². The van der Waals surface area contributed by atoms with Gasteiger partial charge in [0, 0.05) is 42.8 Å². The molecule has 212 valence electrons.